The molecule has 0 saturated carbocycles. The van der Waals surface area contributed by atoms with Crippen LogP contribution in [0.3, 0.4) is 0 Å². The lowest BCUT2D eigenvalue weighted by molar-refractivity contribution is -0.191. The van der Waals surface area contributed by atoms with Gasteiger partial charge in [-0.2, -0.15) is 9.59 Å². The molecule has 0 aromatic heterocycles. The van der Waals surface area contributed by atoms with Gasteiger partial charge in [-0.15, -0.1) is 0 Å². The van der Waals surface area contributed by atoms with Crippen LogP contribution in [0.4, 0.5) is 0 Å². The van der Waals surface area contributed by atoms with Crippen molar-refractivity contribution in [2.24, 2.45) is 5.92 Å². The summed E-state index contributed by atoms with van der Waals surface area (Å²) in [6, 6.07) is 0. The topological polar surface area (TPSA) is 60.4 Å². The van der Waals surface area contributed by atoms with E-state index in [0.29, 0.717) is 12.5 Å². The molecule has 0 N–H and O–H groups in total. The molecule has 0 bridgehead atoms. The number of hydrogen-bond acceptors (Lipinski definition) is 4. The van der Waals surface area contributed by atoms with Crippen LogP contribution in [0.1, 0.15) is 27.2 Å². The third-order valence-electron chi connectivity index (χ3n) is 1.16. The van der Waals surface area contributed by atoms with Crippen LogP contribution in [0.15, 0.2) is 12.2 Å². The van der Waals surface area contributed by atoms with E-state index in [-0.39, 0.29) is 12.1 Å². The van der Waals surface area contributed by atoms with Crippen molar-refractivity contribution in [3.05, 3.63) is 12.2 Å². The summed E-state index contributed by atoms with van der Waals surface area (Å²) in [6.07, 6.45) is 5.20. The summed E-state index contributed by atoms with van der Waals surface area (Å²) in [5.74, 6) is 0.447. The van der Waals surface area contributed by atoms with Crippen LogP contribution in [0.5, 0.6) is 0 Å². The number of carbonyl (C=O) groups excluding carboxylic acids is 3. The van der Waals surface area contributed by atoms with Crippen molar-refractivity contribution in [3.63, 3.8) is 0 Å². The van der Waals surface area contributed by atoms with Gasteiger partial charge in [-0.1, -0.05) is 26.0 Å². The molecular weight excluding hydrogens is 184 g/mol. The Morgan fingerprint density at radius 3 is 2.21 bits per heavy atom. The minimum atomic E-state index is -0.223. The minimum Gasteiger partial charge on any atom is -0.462 e. The number of rotatable bonds is 4. The molecule has 0 saturated heterocycles. The van der Waals surface area contributed by atoms with Gasteiger partial charge in [-0.25, -0.2) is 0 Å². The molecule has 14 heavy (non-hydrogen) atoms. The molecule has 0 fully saturated rings. The highest BCUT2D eigenvalue weighted by molar-refractivity contribution is 5.65. The van der Waals surface area contributed by atoms with Crippen LogP contribution in [-0.4, -0.2) is 18.7 Å². The lowest BCUT2D eigenvalue weighted by atomic mass is 10.1. The Morgan fingerprint density at radius 1 is 1.36 bits per heavy atom. The molecule has 0 aliphatic heterocycles. The summed E-state index contributed by atoms with van der Waals surface area (Å²) < 4.78 is 4.70. The van der Waals surface area contributed by atoms with Gasteiger partial charge in [-0.05, 0) is 12.3 Å². The maximum atomic E-state index is 10.3. The highest BCUT2D eigenvalue weighted by Gasteiger charge is 1.88. The molecule has 0 unspecified atom stereocenters. The van der Waals surface area contributed by atoms with E-state index in [1.54, 1.807) is 0 Å². The molecule has 4 nitrogen and oxygen atoms in total. The number of hydrogen-bond donors (Lipinski definition) is 0. The highest BCUT2D eigenvalue weighted by atomic mass is 16.5. The molecular formula is C10H16O4. The quantitative estimate of drug-likeness (QED) is 0.510. The van der Waals surface area contributed by atoms with E-state index in [1.165, 1.54) is 6.92 Å². The third kappa shape index (κ3) is 22.4. The molecule has 80 valence electrons. The Balaban J connectivity index is 0. The van der Waals surface area contributed by atoms with Crippen LogP contribution < -0.4 is 0 Å². The molecule has 0 atom stereocenters. The number of esters is 1. The maximum absolute atomic E-state index is 10.3. The second-order valence-electron chi connectivity index (χ2n) is 2.99. The van der Waals surface area contributed by atoms with Crippen molar-refractivity contribution < 1.29 is 19.1 Å². The zero-order chi connectivity index (χ0) is 11.4. The summed E-state index contributed by atoms with van der Waals surface area (Å²) in [4.78, 5) is 26.5. The van der Waals surface area contributed by atoms with Gasteiger partial charge in [-0.3, -0.25) is 4.79 Å². The molecule has 0 aliphatic carbocycles. The fraction of sp³-hybridized carbons (Fsp3) is 0.600. The van der Waals surface area contributed by atoms with Crippen molar-refractivity contribution in [1.82, 2.24) is 0 Å². The van der Waals surface area contributed by atoms with E-state index in [1.807, 2.05) is 12.2 Å². The Kier molecular flexibility index (Phi) is 12.5. The van der Waals surface area contributed by atoms with Crippen LogP contribution in [0, 0.1) is 5.92 Å². The average Bonchev–Trinajstić information content (AvgIpc) is 2.04. The lowest BCUT2D eigenvalue weighted by Crippen LogP contribution is -1.97. The predicted molar refractivity (Wildman–Crippen MR) is 50.2 cm³/mol. The van der Waals surface area contributed by atoms with Gasteiger partial charge in [0.1, 0.15) is 6.61 Å². The molecule has 4 heteroatoms. The van der Waals surface area contributed by atoms with Gasteiger partial charge >= 0.3 is 12.1 Å². The van der Waals surface area contributed by atoms with Crippen molar-refractivity contribution >= 4 is 12.1 Å². The zero-order valence-corrected chi connectivity index (χ0v) is 8.78. The van der Waals surface area contributed by atoms with Crippen LogP contribution >= 0.6 is 0 Å². The third-order valence-corrected chi connectivity index (χ3v) is 1.16. The first-order valence-electron chi connectivity index (χ1n) is 4.32. The first kappa shape index (κ1) is 15.1. The number of allylic oxidation sites excluding steroid dienone is 1. The number of ether oxygens (including phenoxy) is 1. The van der Waals surface area contributed by atoms with E-state index in [9.17, 15) is 4.79 Å². The molecule has 0 amide bonds. The molecule has 0 aromatic rings. The Morgan fingerprint density at radius 2 is 1.86 bits per heavy atom. The van der Waals surface area contributed by atoms with Crippen molar-refractivity contribution in [2.75, 3.05) is 6.61 Å². The summed E-state index contributed by atoms with van der Waals surface area (Å²) in [6.45, 7) is 6.12. The van der Waals surface area contributed by atoms with E-state index >= 15 is 0 Å². The zero-order valence-electron chi connectivity index (χ0n) is 8.78. The van der Waals surface area contributed by atoms with Crippen molar-refractivity contribution in [1.29, 1.82) is 0 Å². The van der Waals surface area contributed by atoms with Crippen molar-refractivity contribution in [3.8, 4) is 0 Å². The van der Waals surface area contributed by atoms with Crippen molar-refractivity contribution in [2.45, 2.75) is 27.2 Å². The van der Waals surface area contributed by atoms with E-state index in [2.05, 4.69) is 13.8 Å². The monoisotopic (exact) mass is 200 g/mol. The SMILES string of the molecule is CC(=O)OC/C=C\CC(C)C.O=C=O. The standard InChI is InChI=1S/C9H16O2.CO2/c1-8(2)6-4-5-7-11-9(3)10;2-1-3/h4-5,8H,6-7H2,1-3H3;/b5-4-;. The summed E-state index contributed by atoms with van der Waals surface area (Å²) in [5, 5.41) is 0. The Hall–Kier alpha value is -1.41. The summed E-state index contributed by atoms with van der Waals surface area (Å²) in [5.41, 5.74) is 0. The molecule has 0 aliphatic rings. The summed E-state index contributed by atoms with van der Waals surface area (Å²) >= 11 is 0. The van der Waals surface area contributed by atoms with Crippen LogP contribution in [-0.2, 0) is 19.1 Å². The predicted octanol–water partition coefficient (Wildman–Crippen LogP) is 1.57. The van der Waals surface area contributed by atoms with Gasteiger partial charge < -0.3 is 4.74 Å². The van der Waals surface area contributed by atoms with E-state index in [0.717, 1.165) is 6.42 Å². The maximum Gasteiger partial charge on any atom is 0.373 e. The first-order chi connectivity index (χ1) is 6.54. The highest BCUT2D eigenvalue weighted by Crippen LogP contribution is 1.99. The normalized spacial score (nSPS) is 9.14. The second-order valence-corrected chi connectivity index (χ2v) is 2.99. The molecule has 0 radical (unpaired) electrons. The van der Waals surface area contributed by atoms with E-state index in [4.69, 9.17) is 14.3 Å². The number of carbonyl (C=O) groups is 1. The van der Waals surface area contributed by atoms with Gasteiger partial charge in [0.25, 0.3) is 0 Å². The smallest absolute Gasteiger partial charge is 0.373 e. The fourth-order valence-electron chi connectivity index (χ4n) is 0.602. The summed E-state index contributed by atoms with van der Waals surface area (Å²) in [7, 11) is 0. The largest absolute Gasteiger partial charge is 0.462 e. The molecule has 0 spiro atoms. The average molecular weight is 200 g/mol. The van der Waals surface area contributed by atoms with E-state index < -0.39 is 0 Å². The molecule has 0 heterocycles. The van der Waals surface area contributed by atoms with Gasteiger partial charge in [0.05, 0.1) is 0 Å². The Bertz CT molecular complexity index is 200. The Labute approximate surface area is 83.9 Å². The second kappa shape index (κ2) is 11.6. The fourth-order valence-corrected chi connectivity index (χ4v) is 0.602. The lowest BCUT2D eigenvalue weighted by Gasteiger charge is -1.97. The minimum absolute atomic E-state index is 0.223. The van der Waals surface area contributed by atoms with Crippen LogP contribution in [0.2, 0.25) is 0 Å². The van der Waals surface area contributed by atoms with Gasteiger partial charge in [0.2, 0.25) is 0 Å². The van der Waals surface area contributed by atoms with Gasteiger partial charge in [0.15, 0.2) is 0 Å². The first-order valence-corrected chi connectivity index (χ1v) is 4.32. The molecule has 0 rings (SSSR count). The van der Waals surface area contributed by atoms with Gasteiger partial charge in [0, 0.05) is 6.92 Å². The molecule has 0 aromatic carbocycles. The van der Waals surface area contributed by atoms with Crippen LogP contribution in [0.25, 0.3) is 0 Å².